The summed E-state index contributed by atoms with van der Waals surface area (Å²) in [5, 5.41) is 0.293. The summed E-state index contributed by atoms with van der Waals surface area (Å²) in [6, 6.07) is 5.00. The number of hydrogen-bond acceptors (Lipinski definition) is 3. The van der Waals surface area contributed by atoms with Crippen LogP contribution in [0.1, 0.15) is 17.3 Å². The molecule has 14 heavy (non-hydrogen) atoms. The Balaban J connectivity index is 3.07. The molecule has 0 saturated heterocycles. The monoisotopic (exact) mass is 214 g/mol. The fraction of sp³-hybridized carbons (Fsp3) is 0.300. The van der Waals surface area contributed by atoms with E-state index in [4.69, 9.17) is 16.3 Å². The molecule has 1 rings (SSSR count). The van der Waals surface area contributed by atoms with Crippen LogP contribution >= 0.6 is 11.6 Å². The molecular formula is C10H11ClO3. The second-order valence-corrected chi connectivity index (χ2v) is 2.92. The molecule has 1 aromatic carbocycles. The van der Waals surface area contributed by atoms with Crippen molar-refractivity contribution in [3.63, 3.8) is 0 Å². The van der Waals surface area contributed by atoms with E-state index in [0.29, 0.717) is 22.9 Å². The maximum absolute atomic E-state index is 11.2. The normalized spacial score (nSPS) is 9.64. The van der Waals surface area contributed by atoms with Crippen molar-refractivity contribution in [1.82, 2.24) is 0 Å². The molecule has 4 heteroatoms. The molecule has 76 valence electrons. The molecule has 0 amide bonds. The Bertz CT molecular complexity index is 336. The number of carbonyl (C=O) groups is 1. The molecule has 0 N–H and O–H groups in total. The highest BCUT2D eigenvalue weighted by Crippen LogP contribution is 2.28. The minimum absolute atomic E-state index is 0.293. The Hall–Kier alpha value is -1.22. The molecule has 3 nitrogen and oxygen atoms in total. The molecule has 0 spiro atoms. The smallest absolute Gasteiger partial charge is 0.339 e. The van der Waals surface area contributed by atoms with Gasteiger partial charge in [0.1, 0.15) is 5.75 Å². The van der Waals surface area contributed by atoms with Crippen LogP contribution in [0, 0.1) is 0 Å². The van der Waals surface area contributed by atoms with E-state index in [0.717, 1.165) is 0 Å². The third kappa shape index (κ3) is 2.17. The largest absolute Gasteiger partial charge is 0.492 e. The number of methoxy groups -OCH3 is 1. The quantitative estimate of drug-likeness (QED) is 0.726. The van der Waals surface area contributed by atoms with E-state index in [9.17, 15) is 4.79 Å². The molecule has 0 unspecified atom stereocenters. The molecule has 0 atom stereocenters. The van der Waals surface area contributed by atoms with Crippen LogP contribution in [0.3, 0.4) is 0 Å². The average Bonchev–Trinajstić information content (AvgIpc) is 2.20. The topological polar surface area (TPSA) is 35.5 Å². The van der Waals surface area contributed by atoms with Crippen molar-refractivity contribution in [2.45, 2.75) is 6.92 Å². The van der Waals surface area contributed by atoms with E-state index in [1.54, 1.807) is 18.2 Å². The van der Waals surface area contributed by atoms with Crippen LogP contribution in [0.25, 0.3) is 0 Å². The fourth-order valence-electron chi connectivity index (χ4n) is 1.05. The Kier molecular flexibility index (Phi) is 3.77. The summed E-state index contributed by atoms with van der Waals surface area (Å²) in [4.78, 5) is 11.2. The van der Waals surface area contributed by atoms with Crippen molar-refractivity contribution in [2.75, 3.05) is 13.7 Å². The van der Waals surface area contributed by atoms with E-state index < -0.39 is 5.97 Å². The molecule has 0 aromatic heterocycles. The minimum Gasteiger partial charge on any atom is -0.492 e. The highest BCUT2D eigenvalue weighted by molar-refractivity contribution is 6.35. The zero-order chi connectivity index (χ0) is 10.6. The molecule has 0 aliphatic rings. The zero-order valence-corrected chi connectivity index (χ0v) is 8.80. The van der Waals surface area contributed by atoms with Crippen molar-refractivity contribution in [3.05, 3.63) is 28.8 Å². The molecule has 0 bridgehead atoms. The van der Waals surface area contributed by atoms with Crippen LogP contribution in [0.15, 0.2) is 18.2 Å². The van der Waals surface area contributed by atoms with Gasteiger partial charge in [0.2, 0.25) is 0 Å². The van der Waals surface area contributed by atoms with E-state index in [1.807, 2.05) is 6.92 Å². The van der Waals surface area contributed by atoms with E-state index in [2.05, 4.69) is 4.74 Å². The summed E-state index contributed by atoms with van der Waals surface area (Å²) < 4.78 is 9.80. The molecule has 0 saturated carbocycles. The Morgan fingerprint density at radius 1 is 1.50 bits per heavy atom. The van der Waals surface area contributed by atoms with E-state index in [-0.39, 0.29) is 0 Å². The summed E-state index contributed by atoms with van der Waals surface area (Å²) in [5.74, 6) is 0.0358. The van der Waals surface area contributed by atoms with Crippen molar-refractivity contribution in [3.8, 4) is 5.75 Å². The number of hydrogen-bond donors (Lipinski definition) is 0. The number of carbonyl (C=O) groups excluding carboxylic acids is 1. The van der Waals surface area contributed by atoms with Gasteiger partial charge in [-0.25, -0.2) is 4.79 Å². The summed E-state index contributed by atoms with van der Waals surface area (Å²) in [5.41, 5.74) is 0.320. The summed E-state index contributed by atoms with van der Waals surface area (Å²) >= 11 is 5.94. The SMILES string of the molecule is CCOc1cccc(C(=O)OC)c1Cl. The maximum atomic E-state index is 11.2. The van der Waals surface area contributed by atoms with Gasteiger partial charge in [-0.15, -0.1) is 0 Å². The van der Waals surface area contributed by atoms with Gasteiger partial charge < -0.3 is 9.47 Å². The molecule has 0 aliphatic heterocycles. The zero-order valence-electron chi connectivity index (χ0n) is 8.04. The van der Waals surface area contributed by atoms with Crippen molar-refractivity contribution in [1.29, 1.82) is 0 Å². The lowest BCUT2D eigenvalue weighted by Crippen LogP contribution is -2.03. The van der Waals surface area contributed by atoms with Gasteiger partial charge >= 0.3 is 5.97 Å². The van der Waals surface area contributed by atoms with Crippen molar-refractivity contribution < 1.29 is 14.3 Å². The second kappa shape index (κ2) is 4.86. The Morgan fingerprint density at radius 2 is 2.21 bits per heavy atom. The lowest BCUT2D eigenvalue weighted by molar-refractivity contribution is 0.0600. The summed E-state index contributed by atoms with van der Waals surface area (Å²) in [6.07, 6.45) is 0. The third-order valence-corrected chi connectivity index (χ3v) is 2.06. The van der Waals surface area contributed by atoms with E-state index >= 15 is 0 Å². The van der Waals surface area contributed by atoms with Gasteiger partial charge in [-0.05, 0) is 19.1 Å². The van der Waals surface area contributed by atoms with Crippen LogP contribution in [-0.2, 0) is 4.74 Å². The van der Waals surface area contributed by atoms with Crippen LogP contribution in [0.5, 0.6) is 5.75 Å². The fourth-order valence-corrected chi connectivity index (χ4v) is 1.30. The lowest BCUT2D eigenvalue weighted by atomic mass is 10.2. The highest BCUT2D eigenvalue weighted by Gasteiger charge is 2.13. The minimum atomic E-state index is -0.462. The first-order chi connectivity index (χ1) is 6.70. The van der Waals surface area contributed by atoms with Crippen LogP contribution in [-0.4, -0.2) is 19.7 Å². The molecule has 1 aromatic rings. The van der Waals surface area contributed by atoms with E-state index in [1.165, 1.54) is 7.11 Å². The average molecular weight is 215 g/mol. The first kappa shape index (κ1) is 10.9. The molecule has 0 fully saturated rings. The van der Waals surface area contributed by atoms with Crippen LogP contribution in [0.4, 0.5) is 0 Å². The molecule has 0 heterocycles. The number of halogens is 1. The van der Waals surface area contributed by atoms with Crippen molar-refractivity contribution >= 4 is 17.6 Å². The predicted molar refractivity (Wildman–Crippen MR) is 54.0 cm³/mol. The van der Waals surface area contributed by atoms with Gasteiger partial charge in [0.15, 0.2) is 0 Å². The molecule has 0 radical (unpaired) electrons. The van der Waals surface area contributed by atoms with Gasteiger partial charge in [-0.3, -0.25) is 0 Å². The van der Waals surface area contributed by atoms with Crippen molar-refractivity contribution in [2.24, 2.45) is 0 Å². The Labute approximate surface area is 87.6 Å². The molecule has 0 aliphatic carbocycles. The summed E-state index contributed by atoms with van der Waals surface area (Å²) in [6.45, 7) is 2.35. The lowest BCUT2D eigenvalue weighted by Gasteiger charge is -2.08. The maximum Gasteiger partial charge on any atom is 0.339 e. The van der Waals surface area contributed by atoms with Gasteiger partial charge in [0, 0.05) is 0 Å². The van der Waals surface area contributed by atoms with Gasteiger partial charge in [-0.1, -0.05) is 17.7 Å². The first-order valence-corrected chi connectivity index (χ1v) is 4.58. The number of ether oxygens (including phenoxy) is 2. The standard InChI is InChI=1S/C10H11ClO3/c1-3-14-8-6-4-5-7(9(8)11)10(12)13-2/h4-6H,3H2,1-2H3. The predicted octanol–water partition coefficient (Wildman–Crippen LogP) is 2.53. The van der Waals surface area contributed by atoms with Gasteiger partial charge in [0.05, 0.1) is 24.3 Å². The molecular weight excluding hydrogens is 204 g/mol. The van der Waals surface area contributed by atoms with Crippen LogP contribution < -0.4 is 4.74 Å². The number of rotatable bonds is 3. The third-order valence-electron chi connectivity index (χ3n) is 1.67. The number of benzene rings is 1. The first-order valence-electron chi connectivity index (χ1n) is 4.20. The second-order valence-electron chi connectivity index (χ2n) is 2.54. The van der Waals surface area contributed by atoms with Crippen LogP contribution in [0.2, 0.25) is 5.02 Å². The van der Waals surface area contributed by atoms with Gasteiger partial charge in [-0.2, -0.15) is 0 Å². The van der Waals surface area contributed by atoms with Gasteiger partial charge in [0.25, 0.3) is 0 Å². The summed E-state index contributed by atoms with van der Waals surface area (Å²) in [7, 11) is 1.31. The highest BCUT2D eigenvalue weighted by atomic mass is 35.5. The number of esters is 1. The Morgan fingerprint density at radius 3 is 2.79 bits per heavy atom.